The van der Waals surface area contributed by atoms with E-state index < -0.39 is 18.0 Å². The van der Waals surface area contributed by atoms with Crippen molar-refractivity contribution >= 4 is 17.4 Å². The van der Waals surface area contributed by atoms with E-state index in [2.05, 4.69) is 15.2 Å². The molecule has 25 heavy (non-hydrogen) atoms. The molecular formula is C18H24F3N3O. The number of piperidine rings is 1. The molecule has 0 aromatic carbocycles. The van der Waals surface area contributed by atoms with Crippen LogP contribution in [0.4, 0.5) is 24.7 Å². The van der Waals surface area contributed by atoms with Crippen LogP contribution in [0.5, 0.6) is 0 Å². The second kappa shape index (κ2) is 7.62. The Morgan fingerprint density at radius 1 is 1.12 bits per heavy atom. The number of pyridine rings is 1. The van der Waals surface area contributed by atoms with Crippen LogP contribution in [-0.2, 0) is 4.79 Å². The molecule has 2 heterocycles. The summed E-state index contributed by atoms with van der Waals surface area (Å²) in [4.78, 5) is 18.8. The van der Waals surface area contributed by atoms with Gasteiger partial charge < -0.3 is 10.2 Å². The summed E-state index contributed by atoms with van der Waals surface area (Å²) in [7, 11) is 0. The van der Waals surface area contributed by atoms with Gasteiger partial charge in [-0.3, -0.25) is 4.79 Å². The number of nitrogens with one attached hydrogen (secondary N) is 1. The largest absolute Gasteiger partial charge is 0.391 e. The maximum atomic E-state index is 12.9. The normalized spacial score (nSPS) is 24.8. The van der Waals surface area contributed by atoms with Crippen molar-refractivity contribution in [3.8, 4) is 0 Å². The Morgan fingerprint density at radius 2 is 1.88 bits per heavy atom. The van der Waals surface area contributed by atoms with E-state index in [9.17, 15) is 18.0 Å². The van der Waals surface area contributed by atoms with Gasteiger partial charge in [-0.1, -0.05) is 6.42 Å². The van der Waals surface area contributed by atoms with Gasteiger partial charge in [0.05, 0.1) is 17.8 Å². The molecule has 1 aliphatic carbocycles. The van der Waals surface area contributed by atoms with E-state index in [1.54, 1.807) is 12.3 Å². The zero-order valence-electron chi connectivity index (χ0n) is 14.2. The summed E-state index contributed by atoms with van der Waals surface area (Å²) < 4.78 is 38.6. The van der Waals surface area contributed by atoms with Crippen LogP contribution in [0.3, 0.4) is 0 Å². The zero-order chi connectivity index (χ0) is 17.9. The lowest BCUT2D eigenvalue weighted by molar-refractivity contribution is -0.185. The Hall–Kier alpha value is -1.79. The molecule has 2 aliphatic rings. The third kappa shape index (κ3) is 4.64. The SMILES string of the molecule is O=C(Nc1ccc(N2CCCCC2)cn1)C1CCCC(C(F)(F)F)C1. The number of anilines is 2. The highest BCUT2D eigenvalue weighted by atomic mass is 19.4. The molecule has 2 unspecified atom stereocenters. The van der Waals surface area contributed by atoms with Crippen LogP contribution < -0.4 is 10.2 Å². The fraction of sp³-hybridized carbons (Fsp3) is 0.667. The third-order valence-corrected chi connectivity index (χ3v) is 5.23. The molecule has 1 aromatic rings. The fourth-order valence-corrected chi connectivity index (χ4v) is 3.75. The number of nitrogens with zero attached hydrogens (tertiary/aromatic N) is 2. The fourth-order valence-electron chi connectivity index (χ4n) is 3.75. The smallest absolute Gasteiger partial charge is 0.370 e. The quantitative estimate of drug-likeness (QED) is 0.875. The molecule has 138 valence electrons. The summed E-state index contributed by atoms with van der Waals surface area (Å²) >= 11 is 0. The minimum absolute atomic E-state index is 0.121. The summed E-state index contributed by atoms with van der Waals surface area (Å²) in [6.45, 7) is 2.02. The molecule has 4 nitrogen and oxygen atoms in total. The molecule has 1 aromatic heterocycles. The van der Waals surface area contributed by atoms with Crippen molar-refractivity contribution in [1.82, 2.24) is 4.98 Å². The second-order valence-electron chi connectivity index (χ2n) is 7.04. The Labute approximate surface area is 145 Å². The molecule has 1 amide bonds. The highest BCUT2D eigenvalue weighted by molar-refractivity contribution is 5.91. The van der Waals surface area contributed by atoms with Crippen LogP contribution in [0.15, 0.2) is 18.3 Å². The molecule has 7 heteroatoms. The standard InChI is InChI=1S/C18H24F3N3O/c19-18(20,21)14-6-4-5-13(11-14)17(25)23-16-8-7-15(12-22-16)24-9-2-1-3-10-24/h7-8,12-14H,1-6,9-11H2,(H,22,23,25). The van der Waals surface area contributed by atoms with E-state index in [1.165, 1.54) is 19.3 Å². The van der Waals surface area contributed by atoms with Gasteiger partial charge in [0.2, 0.25) is 5.91 Å². The number of amides is 1. The minimum Gasteiger partial charge on any atom is -0.370 e. The van der Waals surface area contributed by atoms with Gasteiger partial charge in [0, 0.05) is 19.0 Å². The maximum absolute atomic E-state index is 12.9. The van der Waals surface area contributed by atoms with Gasteiger partial charge in [-0.25, -0.2) is 4.98 Å². The van der Waals surface area contributed by atoms with Gasteiger partial charge in [-0.05, 0) is 50.7 Å². The van der Waals surface area contributed by atoms with Crippen molar-refractivity contribution in [1.29, 1.82) is 0 Å². The number of alkyl halides is 3. The van der Waals surface area contributed by atoms with Crippen molar-refractivity contribution in [3.05, 3.63) is 18.3 Å². The first kappa shape index (κ1) is 18.0. The maximum Gasteiger partial charge on any atom is 0.391 e. The highest BCUT2D eigenvalue weighted by Crippen LogP contribution is 2.40. The predicted molar refractivity (Wildman–Crippen MR) is 90.4 cm³/mol. The molecule has 2 fully saturated rings. The van der Waals surface area contributed by atoms with Crippen LogP contribution in [0, 0.1) is 11.8 Å². The number of hydrogen-bond acceptors (Lipinski definition) is 3. The number of rotatable bonds is 3. The van der Waals surface area contributed by atoms with Gasteiger partial charge in [0.25, 0.3) is 0 Å². The van der Waals surface area contributed by atoms with E-state index in [1.807, 2.05) is 6.07 Å². The Balaban J connectivity index is 1.57. The highest BCUT2D eigenvalue weighted by Gasteiger charge is 2.43. The van der Waals surface area contributed by atoms with E-state index >= 15 is 0 Å². The molecule has 3 rings (SSSR count). The molecule has 0 bridgehead atoms. The molecule has 0 spiro atoms. The number of aromatic nitrogens is 1. The van der Waals surface area contributed by atoms with Gasteiger partial charge in [0.1, 0.15) is 5.82 Å². The first-order valence-electron chi connectivity index (χ1n) is 9.02. The van der Waals surface area contributed by atoms with Crippen molar-refractivity contribution < 1.29 is 18.0 Å². The topological polar surface area (TPSA) is 45.2 Å². The molecule has 1 saturated carbocycles. The van der Waals surface area contributed by atoms with Gasteiger partial charge in [-0.2, -0.15) is 13.2 Å². The Bertz CT molecular complexity index is 582. The number of carbonyl (C=O) groups is 1. The number of carbonyl (C=O) groups excluding carboxylic acids is 1. The lowest BCUT2D eigenvalue weighted by Crippen LogP contribution is -2.34. The first-order chi connectivity index (χ1) is 11.9. The monoisotopic (exact) mass is 355 g/mol. The Morgan fingerprint density at radius 3 is 2.52 bits per heavy atom. The summed E-state index contributed by atoms with van der Waals surface area (Å²) in [5.74, 6) is -1.91. The van der Waals surface area contributed by atoms with Crippen LogP contribution in [0.2, 0.25) is 0 Å². The van der Waals surface area contributed by atoms with Crippen LogP contribution in [-0.4, -0.2) is 30.2 Å². The summed E-state index contributed by atoms with van der Waals surface area (Å²) in [6, 6.07) is 3.64. The minimum atomic E-state index is -4.21. The van der Waals surface area contributed by atoms with Crippen LogP contribution >= 0.6 is 0 Å². The predicted octanol–water partition coefficient (Wildman–Crippen LogP) is 4.38. The zero-order valence-corrected chi connectivity index (χ0v) is 14.2. The van der Waals surface area contributed by atoms with E-state index in [0.29, 0.717) is 18.7 Å². The lowest BCUT2D eigenvalue weighted by atomic mass is 9.80. The molecule has 2 atom stereocenters. The van der Waals surface area contributed by atoms with Crippen molar-refractivity contribution in [3.63, 3.8) is 0 Å². The van der Waals surface area contributed by atoms with Crippen LogP contribution in [0.1, 0.15) is 44.9 Å². The van der Waals surface area contributed by atoms with Gasteiger partial charge >= 0.3 is 6.18 Å². The molecule has 0 radical (unpaired) electrons. The Kier molecular flexibility index (Phi) is 5.49. The molecule has 1 saturated heterocycles. The van der Waals surface area contributed by atoms with E-state index in [0.717, 1.165) is 18.8 Å². The van der Waals surface area contributed by atoms with E-state index in [4.69, 9.17) is 0 Å². The average Bonchev–Trinajstić information content (AvgIpc) is 2.62. The summed E-state index contributed by atoms with van der Waals surface area (Å²) in [5.41, 5.74) is 1.02. The average molecular weight is 355 g/mol. The lowest BCUT2D eigenvalue weighted by Gasteiger charge is -2.30. The molecule has 1 aliphatic heterocycles. The van der Waals surface area contributed by atoms with E-state index in [-0.39, 0.29) is 18.7 Å². The number of halogens is 3. The van der Waals surface area contributed by atoms with Crippen molar-refractivity contribution in [2.75, 3.05) is 23.3 Å². The summed E-state index contributed by atoms with van der Waals surface area (Å²) in [5, 5.41) is 2.68. The van der Waals surface area contributed by atoms with Gasteiger partial charge in [0.15, 0.2) is 0 Å². The van der Waals surface area contributed by atoms with Crippen molar-refractivity contribution in [2.45, 2.75) is 51.1 Å². The summed E-state index contributed by atoms with van der Waals surface area (Å²) in [6.07, 6.45) is 2.03. The molecular weight excluding hydrogens is 331 g/mol. The van der Waals surface area contributed by atoms with Crippen LogP contribution in [0.25, 0.3) is 0 Å². The van der Waals surface area contributed by atoms with Gasteiger partial charge in [-0.15, -0.1) is 0 Å². The molecule has 1 N–H and O–H groups in total. The van der Waals surface area contributed by atoms with Crippen molar-refractivity contribution in [2.24, 2.45) is 11.8 Å². The first-order valence-corrected chi connectivity index (χ1v) is 9.02. The second-order valence-corrected chi connectivity index (χ2v) is 7.04. The third-order valence-electron chi connectivity index (χ3n) is 5.23. The number of hydrogen-bond donors (Lipinski definition) is 1.